The van der Waals surface area contributed by atoms with E-state index in [1.807, 2.05) is 37.3 Å². The third-order valence-corrected chi connectivity index (χ3v) is 4.02. The summed E-state index contributed by atoms with van der Waals surface area (Å²) in [5, 5.41) is 9.13. The highest BCUT2D eigenvalue weighted by Gasteiger charge is 2.07. The molecule has 1 aromatic carbocycles. The van der Waals surface area contributed by atoms with Crippen molar-refractivity contribution in [3.63, 3.8) is 0 Å². The standard InChI is InChI=1S/C15H18N2OS2/c1-3-18-13-8-6-12(7-9-13)17-15(19)16-11(2)14-5-4-10-20-14/h4-11H,3H2,1-2H3,(H2,16,17,19)/t11-/m1/s1. The van der Waals surface area contributed by atoms with Gasteiger partial charge in [0.05, 0.1) is 12.6 Å². The Labute approximate surface area is 129 Å². The molecule has 0 saturated heterocycles. The lowest BCUT2D eigenvalue weighted by molar-refractivity contribution is 0.340. The van der Waals surface area contributed by atoms with Gasteiger partial charge in [-0.2, -0.15) is 0 Å². The normalized spacial score (nSPS) is 11.7. The van der Waals surface area contributed by atoms with Gasteiger partial charge in [0.1, 0.15) is 5.75 Å². The summed E-state index contributed by atoms with van der Waals surface area (Å²) in [5.41, 5.74) is 0.948. The lowest BCUT2D eigenvalue weighted by atomic mass is 10.3. The van der Waals surface area contributed by atoms with Crippen LogP contribution in [-0.4, -0.2) is 11.7 Å². The summed E-state index contributed by atoms with van der Waals surface area (Å²) in [4.78, 5) is 1.26. The summed E-state index contributed by atoms with van der Waals surface area (Å²) in [6.45, 7) is 4.74. The van der Waals surface area contributed by atoms with E-state index in [1.165, 1.54) is 4.88 Å². The minimum absolute atomic E-state index is 0.206. The number of hydrogen-bond acceptors (Lipinski definition) is 3. The highest BCUT2D eigenvalue weighted by atomic mass is 32.1. The zero-order chi connectivity index (χ0) is 14.4. The molecule has 3 nitrogen and oxygen atoms in total. The summed E-state index contributed by atoms with van der Waals surface area (Å²) in [6, 6.07) is 12.1. The van der Waals surface area contributed by atoms with Crippen molar-refractivity contribution in [3.8, 4) is 5.75 Å². The molecule has 0 bridgehead atoms. The largest absolute Gasteiger partial charge is 0.494 e. The van der Waals surface area contributed by atoms with E-state index in [0.29, 0.717) is 11.7 Å². The smallest absolute Gasteiger partial charge is 0.171 e. The minimum Gasteiger partial charge on any atom is -0.494 e. The van der Waals surface area contributed by atoms with Crippen molar-refractivity contribution in [1.82, 2.24) is 5.32 Å². The molecule has 106 valence electrons. The van der Waals surface area contributed by atoms with Crippen LogP contribution in [0.4, 0.5) is 5.69 Å². The maximum Gasteiger partial charge on any atom is 0.171 e. The van der Waals surface area contributed by atoms with Crippen molar-refractivity contribution in [2.45, 2.75) is 19.9 Å². The molecular weight excluding hydrogens is 288 g/mol. The van der Waals surface area contributed by atoms with Crippen molar-refractivity contribution in [3.05, 3.63) is 46.7 Å². The van der Waals surface area contributed by atoms with Crippen LogP contribution < -0.4 is 15.4 Å². The second-order valence-electron chi connectivity index (χ2n) is 4.29. The van der Waals surface area contributed by atoms with E-state index in [-0.39, 0.29) is 6.04 Å². The SMILES string of the molecule is CCOc1ccc(NC(=S)N[C@H](C)c2cccs2)cc1. The van der Waals surface area contributed by atoms with Gasteiger partial charge in [0.2, 0.25) is 0 Å². The molecule has 1 atom stereocenters. The minimum atomic E-state index is 0.206. The molecule has 0 spiro atoms. The highest BCUT2D eigenvalue weighted by molar-refractivity contribution is 7.80. The summed E-state index contributed by atoms with van der Waals surface area (Å²) >= 11 is 7.04. The van der Waals surface area contributed by atoms with Crippen LogP contribution in [0.25, 0.3) is 0 Å². The molecule has 2 rings (SSSR count). The second-order valence-corrected chi connectivity index (χ2v) is 5.68. The van der Waals surface area contributed by atoms with E-state index < -0.39 is 0 Å². The Kier molecular flexibility index (Phi) is 5.38. The predicted molar refractivity (Wildman–Crippen MR) is 89.7 cm³/mol. The zero-order valence-corrected chi connectivity index (χ0v) is 13.2. The van der Waals surface area contributed by atoms with Gasteiger partial charge in [-0.15, -0.1) is 11.3 Å². The number of hydrogen-bond donors (Lipinski definition) is 2. The van der Waals surface area contributed by atoms with Crippen LogP contribution in [0.3, 0.4) is 0 Å². The molecule has 2 N–H and O–H groups in total. The first-order valence-corrected chi connectivity index (χ1v) is 7.81. The van der Waals surface area contributed by atoms with Crippen molar-refractivity contribution in [2.75, 3.05) is 11.9 Å². The van der Waals surface area contributed by atoms with E-state index in [4.69, 9.17) is 17.0 Å². The molecular formula is C15H18N2OS2. The van der Waals surface area contributed by atoms with Crippen LogP contribution in [0.2, 0.25) is 0 Å². The molecule has 0 aliphatic carbocycles. The third-order valence-electron chi connectivity index (χ3n) is 2.74. The Hall–Kier alpha value is -1.59. The number of anilines is 1. The Morgan fingerprint density at radius 3 is 2.65 bits per heavy atom. The fourth-order valence-corrected chi connectivity index (χ4v) is 2.80. The number of thiocarbonyl (C=S) groups is 1. The molecule has 5 heteroatoms. The quantitative estimate of drug-likeness (QED) is 0.811. The third kappa shape index (κ3) is 4.21. The maximum atomic E-state index is 5.40. The van der Waals surface area contributed by atoms with Gasteiger partial charge < -0.3 is 15.4 Å². The lowest BCUT2D eigenvalue weighted by Gasteiger charge is -2.16. The molecule has 0 aliphatic heterocycles. The Bertz CT molecular complexity index is 538. The molecule has 0 saturated carbocycles. The molecule has 0 fully saturated rings. The molecule has 0 aliphatic rings. The van der Waals surface area contributed by atoms with Crippen LogP contribution in [0, 0.1) is 0 Å². The van der Waals surface area contributed by atoms with Gasteiger partial charge in [-0.05, 0) is 61.8 Å². The second kappa shape index (κ2) is 7.26. The molecule has 2 aromatic rings. The first-order valence-electron chi connectivity index (χ1n) is 6.53. The summed E-state index contributed by atoms with van der Waals surface area (Å²) < 4.78 is 5.40. The average molecular weight is 306 g/mol. The Morgan fingerprint density at radius 1 is 1.30 bits per heavy atom. The predicted octanol–water partition coefficient (Wildman–Crippen LogP) is 4.19. The molecule has 20 heavy (non-hydrogen) atoms. The zero-order valence-electron chi connectivity index (χ0n) is 11.6. The van der Waals surface area contributed by atoms with Gasteiger partial charge in [-0.1, -0.05) is 6.07 Å². The summed E-state index contributed by atoms with van der Waals surface area (Å²) in [5.74, 6) is 0.865. The summed E-state index contributed by atoms with van der Waals surface area (Å²) in [6.07, 6.45) is 0. The molecule has 0 radical (unpaired) electrons. The average Bonchev–Trinajstić information content (AvgIpc) is 2.95. The van der Waals surface area contributed by atoms with Gasteiger partial charge in [0.25, 0.3) is 0 Å². The topological polar surface area (TPSA) is 33.3 Å². The first kappa shape index (κ1) is 14.8. The molecule has 1 heterocycles. The van der Waals surface area contributed by atoms with Crippen LogP contribution >= 0.6 is 23.6 Å². The van der Waals surface area contributed by atoms with E-state index >= 15 is 0 Å². The molecule has 1 aromatic heterocycles. The van der Waals surface area contributed by atoms with E-state index in [9.17, 15) is 0 Å². The van der Waals surface area contributed by atoms with Crippen LogP contribution in [-0.2, 0) is 0 Å². The molecule has 0 unspecified atom stereocenters. The number of ether oxygens (including phenoxy) is 1. The highest BCUT2D eigenvalue weighted by Crippen LogP contribution is 2.19. The monoisotopic (exact) mass is 306 g/mol. The van der Waals surface area contributed by atoms with Crippen molar-refractivity contribution >= 4 is 34.4 Å². The first-order chi connectivity index (χ1) is 9.69. The Balaban J connectivity index is 1.87. The van der Waals surface area contributed by atoms with E-state index in [2.05, 4.69) is 29.0 Å². The Morgan fingerprint density at radius 2 is 2.05 bits per heavy atom. The van der Waals surface area contributed by atoms with Gasteiger partial charge in [-0.25, -0.2) is 0 Å². The van der Waals surface area contributed by atoms with E-state index in [0.717, 1.165) is 11.4 Å². The van der Waals surface area contributed by atoms with E-state index in [1.54, 1.807) is 11.3 Å². The molecule has 0 amide bonds. The van der Waals surface area contributed by atoms with Crippen LogP contribution in [0.15, 0.2) is 41.8 Å². The van der Waals surface area contributed by atoms with Gasteiger partial charge in [-0.3, -0.25) is 0 Å². The number of thiophene rings is 1. The van der Waals surface area contributed by atoms with Crippen LogP contribution in [0.5, 0.6) is 5.75 Å². The van der Waals surface area contributed by atoms with Crippen molar-refractivity contribution in [1.29, 1.82) is 0 Å². The van der Waals surface area contributed by atoms with Gasteiger partial charge >= 0.3 is 0 Å². The van der Waals surface area contributed by atoms with Crippen molar-refractivity contribution in [2.24, 2.45) is 0 Å². The maximum absolute atomic E-state index is 5.40. The van der Waals surface area contributed by atoms with Crippen molar-refractivity contribution < 1.29 is 4.74 Å². The van der Waals surface area contributed by atoms with Gasteiger partial charge in [0, 0.05) is 10.6 Å². The fourth-order valence-electron chi connectivity index (χ4n) is 1.77. The lowest BCUT2D eigenvalue weighted by Crippen LogP contribution is -2.30. The summed E-state index contributed by atoms with van der Waals surface area (Å²) in [7, 11) is 0. The fraction of sp³-hybridized carbons (Fsp3) is 0.267. The van der Waals surface area contributed by atoms with Gasteiger partial charge in [0.15, 0.2) is 5.11 Å². The number of benzene rings is 1. The number of nitrogens with one attached hydrogen (secondary N) is 2. The van der Waals surface area contributed by atoms with Crippen LogP contribution in [0.1, 0.15) is 24.8 Å². The number of rotatable bonds is 5.